The zero-order chi connectivity index (χ0) is 59.8. The number of aromatic hydroxyl groups is 16. The molecule has 0 fully saturated rings. The molecule has 4 heterocycles. The highest BCUT2D eigenvalue weighted by molar-refractivity contribution is 5.73. The van der Waals surface area contributed by atoms with Crippen LogP contribution < -0.4 is 18.9 Å². The summed E-state index contributed by atoms with van der Waals surface area (Å²) < 4.78 is 25.8. The molecule has 0 radical (unpaired) electrons. The van der Waals surface area contributed by atoms with Gasteiger partial charge in [0.1, 0.15) is 93.4 Å². The van der Waals surface area contributed by atoms with Crippen LogP contribution >= 0.6 is 0 Å². The number of aliphatic hydroxyl groups is 4. The zero-order valence-corrected chi connectivity index (χ0v) is 43.0. The zero-order valence-electron chi connectivity index (χ0n) is 43.0. The van der Waals surface area contributed by atoms with Crippen molar-refractivity contribution in [3.05, 3.63) is 164 Å². The van der Waals surface area contributed by atoms with Crippen LogP contribution in [0, 0.1) is 0 Å². The monoisotopic (exact) mass is 1150 g/mol. The molecule has 11 atom stereocenters. The van der Waals surface area contributed by atoms with E-state index in [-0.39, 0.29) is 39.1 Å². The van der Waals surface area contributed by atoms with Gasteiger partial charge in [-0.05, 0) is 70.8 Å². The minimum Gasteiger partial charge on any atom is -0.508 e. The maximum atomic E-state index is 13.1. The Balaban J connectivity index is 1.14. The minimum absolute atomic E-state index is 0.00111. The molecule has 4 aliphatic heterocycles. The van der Waals surface area contributed by atoms with Gasteiger partial charge in [-0.3, -0.25) is 0 Å². The van der Waals surface area contributed by atoms with E-state index in [1.54, 1.807) is 0 Å². The number of rotatable bonds is 7. The number of aliphatic hydroxyl groups excluding tert-OH is 4. The molecule has 0 spiro atoms. The molecule has 84 heavy (non-hydrogen) atoms. The van der Waals surface area contributed by atoms with Crippen LogP contribution in [0.1, 0.15) is 103 Å². The van der Waals surface area contributed by atoms with Gasteiger partial charge in [0.25, 0.3) is 0 Å². The quantitative estimate of drug-likeness (QED) is 0.0827. The van der Waals surface area contributed by atoms with Crippen molar-refractivity contribution in [1.29, 1.82) is 0 Å². The Labute approximate surface area is 472 Å². The average molecular weight is 1160 g/mol. The third-order valence-electron chi connectivity index (χ3n) is 16.0. The second-order valence-corrected chi connectivity index (χ2v) is 21.0. The van der Waals surface area contributed by atoms with Gasteiger partial charge in [-0.25, -0.2) is 0 Å². The van der Waals surface area contributed by atoms with E-state index in [1.807, 2.05) is 0 Å². The van der Waals surface area contributed by atoms with E-state index in [9.17, 15) is 102 Å². The smallest absolute Gasteiger partial charge is 0.157 e. The Morgan fingerprint density at radius 2 is 0.583 bits per heavy atom. The van der Waals surface area contributed by atoms with Gasteiger partial charge < -0.3 is 121 Å². The third-order valence-corrected chi connectivity index (χ3v) is 16.0. The highest BCUT2D eigenvalue weighted by Gasteiger charge is 2.53. The van der Waals surface area contributed by atoms with Crippen LogP contribution in [0.5, 0.6) is 115 Å². The fourth-order valence-corrected chi connectivity index (χ4v) is 12.2. The molecule has 0 amide bonds. The Morgan fingerprint density at radius 3 is 0.964 bits per heavy atom. The van der Waals surface area contributed by atoms with E-state index in [0.29, 0.717) is 0 Å². The van der Waals surface area contributed by atoms with Crippen LogP contribution in [0.2, 0.25) is 0 Å². The van der Waals surface area contributed by atoms with E-state index < -0.39 is 210 Å². The van der Waals surface area contributed by atoms with E-state index in [2.05, 4.69) is 0 Å². The summed E-state index contributed by atoms with van der Waals surface area (Å²) in [7, 11) is 0. The lowest BCUT2D eigenvalue weighted by atomic mass is 9.72. The van der Waals surface area contributed by atoms with Crippen LogP contribution in [-0.4, -0.2) is 127 Å². The second kappa shape index (κ2) is 19.7. The number of phenolic OH excluding ortho intramolecular Hbond substituents is 16. The van der Waals surface area contributed by atoms with Crippen molar-refractivity contribution in [2.45, 2.75) is 73.0 Å². The molecule has 20 N–H and O–H groups in total. The van der Waals surface area contributed by atoms with Crippen LogP contribution in [-0.2, 0) is 6.42 Å². The first-order valence-electron chi connectivity index (χ1n) is 25.7. The average Bonchev–Trinajstić information content (AvgIpc) is 1.45. The Hall–Kier alpha value is -10.4. The van der Waals surface area contributed by atoms with Crippen molar-refractivity contribution >= 4 is 0 Å². The molecule has 0 saturated heterocycles. The summed E-state index contributed by atoms with van der Waals surface area (Å²) in [5.41, 5.74) is -3.20. The molecule has 8 aromatic carbocycles. The molecule has 0 saturated carbocycles. The summed E-state index contributed by atoms with van der Waals surface area (Å²) >= 11 is 0. The number of hydrogen-bond donors (Lipinski definition) is 20. The van der Waals surface area contributed by atoms with E-state index in [1.165, 1.54) is 24.3 Å². The van der Waals surface area contributed by atoms with Crippen molar-refractivity contribution < 1.29 is 121 Å². The molecule has 4 aliphatic rings. The molecule has 434 valence electrons. The van der Waals surface area contributed by atoms with Gasteiger partial charge in [0, 0.05) is 75.7 Å². The predicted octanol–water partition coefficient (Wildman–Crippen LogP) is 5.89. The summed E-state index contributed by atoms with van der Waals surface area (Å²) in [5.74, 6) is -19.0. The predicted molar refractivity (Wildman–Crippen MR) is 285 cm³/mol. The SMILES string of the molecule is Oc1cc(O)c2c(c1)O[C@H](c1ccc(O)c(O)c1)[C@H](O)C2c1c(O)cc(O)c2c1O[C@H](c1ccc(O)c(O)c1)[C@H](O)C2c1c(O)cc(O)c2c1O[C@H](c1ccc(O)c(O)c1)[C@H](O)C2c1c(O)cc(O)c2c1O[C@H](c1ccc(O)c(O)c1)[C@@H](O)C2. The molecule has 8 aromatic rings. The fraction of sp³-hybridized carbons (Fsp3) is 0.200. The van der Waals surface area contributed by atoms with Crippen molar-refractivity contribution in [3.63, 3.8) is 0 Å². The fourth-order valence-electron chi connectivity index (χ4n) is 12.2. The molecule has 0 aromatic heterocycles. The maximum Gasteiger partial charge on any atom is 0.157 e. The first-order chi connectivity index (χ1) is 39.9. The molecule has 0 aliphatic carbocycles. The highest BCUT2D eigenvalue weighted by atomic mass is 16.5. The Bertz CT molecular complexity index is 4030. The number of benzene rings is 8. The standard InChI is InChI=1S/C60H50O24/c61-23-13-34(71)42-41(14-23)81-55(20-2-6-26(63)31(68)10-20)51(78)48(42)44-36(73)17-38(75)46-50(53(80)57(83-59(44)46)22-4-8-28(65)33(70)12-22)47-39(76)18-37(74)45-49(52(79)56(84-60(45)47)21-3-7-27(64)32(69)11-21)43-35(72)16-29(66)24-15-40(77)54(82-58(24)43)19-1-5-25(62)30(67)9-19/h1-14,16-18,40,48-57,61-80H,15H2/t40-,48?,49?,50?,51+,52+,53+,54+,55+,56+,57+/m0/s1. The number of phenols is 16. The van der Waals surface area contributed by atoms with Crippen molar-refractivity contribution in [1.82, 2.24) is 0 Å². The van der Waals surface area contributed by atoms with Gasteiger partial charge in [0.15, 0.2) is 64.3 Å². The van der Waals surface area contributed by atoms with Gasteiger partial charge in [0.2, 0.25) is 0 Å². The minimum atomic E-state index is -2.15. The summed E-state index contributed by atoms with van der Waals surface area (Å²) in [6.45, 7) is 0. The largest absolute Gasteiger partial charge is 0.508 e. The summed E-state index contributed by atoms with van der Waals surface area (Å²) in [6.07, 6.45) is -14.8. The first kappa shape index (κ1) is 54.2. The maximum absolute atomic E-state index is 13.1. The van der Waals surface area contributed by atoms with Crippen molar-refractivity contribution in [2.75, 3.05) is 0 Å². The molecular weight excluding hydrogens is 1100 g/mol. The summed E-state index contributed by atoms with van der Waals surface area (Å²) in [6, 6.07) is 17.7. The van der Waals surface area contributed by atoms with E-state index >= 15 is 0 Å². The van der Waals surface area contributed by atoms with Crippen LogP contribution in [0.4, 0.5) is 0 Å². The van der Waals surface area contributed by atoms with Crippen molar-refractivity contribution in [2.24, 2.45) is 0 Å². The van der Waals surface area contributed by atoms with Crippen LogP contribution in [0.15, 0.2) is 103 Å². The first-order valence-corrected chi connectivity index (χ1v) is 25.7. The van der Waals surface area contributed by atoms with Gasteiger partial charge in [0.05, 0.1) is 23.9 Å². The van der Waals surface area contributed by atoms with Gasteiger partial charge in [-0.15, -0.1) is 0 Å². The third kappa shape index (κ3) is 8.44. The number of ether oxygens (including phenoxy) is 4. The lowest BCUT2D eigenvalue weighted by Crippen LogP contribution is -2.40. The van der Waals surface area contributed by atoms with Crippen LogP contribution in [0.25, 0.3) is 0 Å². The van der Waals surface area contributed by atoms with Crippen molar-refractivity contribution in [3.8, 4) is 115 Å². The van der Waals surface area contributed by atoms with Gasteiger partial charge in [-0.2, -0.15) is 0 Å². The second-order valence-electron chi connectivity index (χ2n) is 21.0. The lowest BCUT2D eigenvalue weighted by Gasteiger charge is -2.44. The van der Waals surface area contributed by atoms with E-state index in [4.69, 9.17) is 18.9 Å². The molecule has 12 rings (SSSR count). The highest BCUT2D eigenvalue weighted by Crippen LogP contribution is 2.65. The lowest BCUT2D eigenvalue weighted by molar-refractivity contribution is -0.00858. The van der Waals surface area contributed by atoms with Gasteiger partial charge >= 0.3 is 0 Å². The van der Waals surface area contributed by atoms with Crippen LogP contribution in [0.3, 0.4) is 0 Å². The molecule has 0 bridgehead atoms. The number of hydrogen-bond acceptors (Lipinski definition) is 24. The number of fused-ring (bicyclic) bond motifs is 4. The molecule has 24 nitrogen and oxygen atoms in total. The summed E-state index contributed by atoms with van der Waals surface area (Å²) in [5, 5.41) is 229. The normalized spacial score (nSPS) is 24.0. The Kier molecular flexibility index (Phi) is 12.7. The topological polar surface area (TPSA) is 442 Å². The van der Waals surface area contributed by atoms with Gasteiger partial charge in [-0.1, -0.05) is 24.3 Å². The molecular formula is C60H50O24. The molecule has 3 unspecified atom stereocenters. The summed E-state index contributed by atoms with van der Waals surface area (Å²) in [4.78, 5) is 0. The van der Waals surface area contributed by atoms with E-state index in [0.717, 1.165) is 78.9 Å². The molecule has 24 heteroatoms. The Morgan fingerprint density at radius 1 is 0.274 bits per heavy atom.